The number of fused-ring (bicyclic) bond motifs is 2. The highest BCUT2D eigenvalue weighted by Crippen LogP contribution is 2.24. The number of carbonyl (C=O) groups excluding carboxylic acids is 2. The van der Waals surface area contributed by atoms with Gasteiger partial charge in [-0.25, -0.2) is 9.97 Å². The molecule has 6 aromatic rings. The van der Waals surface area contributed by atoms with E-state index in [0.717, 1.165) is 44.3 Å². The van der Waals surface area contributed by atoms with Crippen LogP contribution in [0.4, 0.5) is 0 Å². The molecule has 2 amide bonds. The minimum absolute atomic E-state index is 0.0951. The van der Waals surface area contributed by atoms with E-state index in [4.69, 9.17) is 9.97 Å². The molecule has 0 radical (unpaired) electrons. The van der Waals surface area contributed by atoms with Crippen LogP contribution >= 0.6 is 0 Å². The van der Waals surface area contributed by atoms with Crippen molar-refractivity contribution in [3.8, 4) is 11.8 Å². The van der Waals surface area contributed by atoms with Crippen LogP contribution in [-0.4, -0.2) is 69.7 Å². The smallest absolute Gasteiger partial charge is 0.242 e. The van der Waals surface area contributed by atoms with Gasteiger partial charge in [-0.15, -0.1) is 0 Å². The Morgan fingerprint density at radius 3 is 1.34 bits per heavy atom. The Kier molecular flexibility index (Phi) is 10.1. The van der Waals surface area contributed by atoms with E-state index in [-0.39, 0.29) is 23.9 Å². The van der Waals surface area contributed by atoms with E-state index < -0.39 is 12.1 Å². The minimum Gasteiger partial charge on any atom is -0.345 e. The molecule has 50 heavy (non-hydrogen) atoms. The zero-order chi connectivity index (χ0) is 35.4. The number of benzene rings is 4. The van der Waals surface area contributed by atoms with Gasteiger partial charge in [-0.2, -0.15) is 0 Å². The second-order valence-corrected chi connectivity index (χ2v) is 13.0. The maximum atomic E-state index is 13.3. The fourth-order valence-electron chi connectivity index (χ4n) is 6.13. The molecule has 0 unspecified atom stereocenters. The molecule has 254 valence electrons. The van der Waals surface area contributed by atoms with E-state index in [2.05, 4.69) is 32.4 Å². The van der Waals surface area contributed by atoms with Crippen LogP contribution in [0.3, 0.4) is 0 Å². The lowest BCUT2D eigenvalue weighted by Crippen LogP contribution is -2.38. The SMILES string of the molecule is C[C@H](NC(=O)[C@@H](c1ccccc1)N(C)C)c1nc2ccc(C#Cc3ccc4nc([C@H](C)NC(=O)[C@@H](c5ccccc5)N(C)C)[nH]c4c3)cc2[nH]1. The molecule has 4 atom stereocenters. The lowest BCUT2D eigenvalue weighted by atomic mass is 10.0. The normalized spacial score (nSPS) is 13.8. The highest BCUT2D eigenvalue weighted by Gasteiger charge is 2.26. The number of hydrogen-bond acceptors (Lipinski definition) is 6. The third-order valence-electron chi connectivity index (χ3n) is 8.65. The molecule has 0 saturated heterocycles. The van der Waals surface area contributed by atoms with Crippen LogP contribution in [0.15, 0.2) is 97.1 Å². The Morgan fingerprint density at radius 2 is 0.980 bits per heavy atom. The van der Waals surface area contributed by atoms with E-state index in [1.807, 2.05) is 149 Å². The van der Waals surface area contributed by atoms with Crippen molar-refractivity contribution >= 4 is 33.9 Å². The zero-order valence-electron chi connectivity index (χ0n) is 29.2. The summed E-state index contributed by atoms with van der Waals surface area (Å²) in [4.78, 5) is 46.6. The van der Waals surface area contributed by atoms with Crippen molar-refractivity contribution < 1.29 is 9.59 Å². The standard InChI is InChI=1S/C40H42N8O2/c1-25(41-39(49)35(47(3)4)29-13-9-7-10-14-29)37-43-31-21-19-27(23-33(31)45-37)17-18-28-20-22-32-34(24-28)46-38(44-32)26(2)42-40(50)36(48(5)6)30-15-11-8-12-16-30/h7-16,19-26,35-36H,1-6H3,(H,41,49)(H,42,50)(H,43,45)(H,44,46)/t25-,26-,35+,36+/m0/s1. The molecule has 4 aromatic carbocycles. The molecule has 0 aliphatic rings. The van der Waals surface area contributed by atoms with Gasteiger partial charge < -0.3 is 20.6 Å². The second-order valence-electron chi connectivity index (χ2n) is 13.0. The summed E-state index contributed by atoms with van der Waals surface area (Å²) >= 11 is 0. The largest absolute Gasteiger partial charge is 0.345 e. The van der Waals surface area contributed by atoms with Gasteiger partial charge >= 0.3 is 0 Å². The number of nitrogens with zero attached hydrogens (tertiary/aromatic N) is 4. The summed E-state index contributed by atoms with van der Waals surface area (Å²) in [5.74, 6) is 7.68. The van der Waals surface area contributed by atoms with Crippen molar-refractivity contribution in [1.29, 1.82) is 0 Å². The monoisotopic (exact) mass is 666 g/mol. The lowest BCUT2D eigenvalue weighted by Gasteiger charge is -2.25. The molecule has 0 aliphatic heterocycles. The Bertz CT molecular complexity index is 2020. The van der Waals surface area contributed by atoms with Crippen LogP contribution in [0.25, 0.3) is 22.1 Å². The van der Waals surface area contributed by atoms with Crippen molar-refractivity contribution in [2.24, 2.45) is 0 Å². The number of hydrogen-bond donors (Lipinski definition) is 4. The number of likely N-dealkylation sites (N-methyl/N-ethyl adjacent to an activating group) is 2. The van der Waals surface area contributed by atoms with Crippen molar-refractivity contribution in [3.05, 3.63) is 131 Å². The molecule has 0 bridgehead atoms. The van der Waals surface area contributed by atoms with Crippen LogP contribution < -0.4 is 10.6 Å². The second kappa shape index (κ2) is 14.8. The fourth-order valence-corrected chi connectivity index (χ4v) is 6.13. The summed E-state index contributed by atoms with van der Waals surface area (Å²) in [6.07, 6.45) is 0. The molecule has 4 N–H and O–H groups in total. The van der Waals surface area contributed by atoms with Gasteiger partial charge in [0.1, 0.15) is 23.7 Å². The summed E-state index contributed by atoms with van der Waals surface area (Å²) in [6, 6.07) is 29.7. The molecule has 2 heterocycles. The van der Waals surface area contributed by atoms with Crippen LogP contribution in [0.5, 0.6) is 0 Å². The van der Waals surface area contributed by atoms with Crippen LogP contribution in [-0.2, 0) is 9.59 Å². The number of rotatable bonds is 10. The summed E-state index contributed by atoms with van der Waals surface area (Å²) in [6.45, 7) is 3.84. The van der Waals surface area contributed by atoms with Gasteiger partial charge in [0.15, 0.2) is 0 Å². The maximum Gasteiger partial charge on any atom is 0.242 e. The molecule has 0 spiro atoms. The van der Waals surface area contributed by atoms with E-state index in [9.17, 15) is 9.59 Å². The van der Waals surface area contributed by atoms with Crippen LogP contribution in [0.1, 0.15) is 71.9 Å². The summed E-state index contributed by atoms with van der Waals surface area (Å²) in [5, 5.41) is 6.23. The highest BCUT2D eigenvalue weighted by molar-refractivity contribution is 5.85. The average molecular weight is 667 g/mol. The zero-order valence-corrected chi connectivity index (χ0v) is 29.2. The summed E-state index contributed by atoms with van der Waals surface area (Å²) in [5.41, 5.74) is 6.80. The van der Waals surface area contributed by atoms with Gasteiger partial charge in [-0.3, -0.25) is 19.4 Å². The van der Waals surface area contributed by atoms with Gasteiger partial charge in [0.2, 0.25) is 11.8 Å². The quantitative estimate of drug-likeness (QED) is 0.137. The van der Waals surface area contributed by atoms with Crippen LogP contribution in [0.2, 0.25) is 0 Å². The van der Waals surface area contributed by atoms with Gasteiger partial charge in [0, 0.05) is 11.1 Å². The molecular formula is C40H42N8O2. The first kappa shape index (κ1) is 34.1. The Hall–Kier alpha value is -5.76. The number of amides is 2. The van der Waals surface area contributed by atoms with Crippen molar-refractivity contribution in [2.75, 3.05) is 28.2 Å². The molecule has 0 aliphatic carbocycles. The molecule has 10 heteroatoms. The number of aromatic nitrogens is 4. The average Bonchev–Trinajstić information content (AvgIpc) is 3.72. The van der Waals surface area contributed by atoms with Crippen LogP contribution in [0, 0.1) is 11.8 Å². The Morgan fingerprint density at radius 1 is 0.600 bits per heavy atom. The fraction of sp³-hybridized carbons (Fsp3) is 0.250. The van der Waals surface area contributed by atoms with Crippen molar-refractivity contribution in [1.82, 2.24) is 40.4 Å². The first-order valence-corrected chi connectivity index (χ1v) is 16.6. The summed E-state index contributed by atoms with van der Waals surface area (Å²) < 4.78 is 0. The molecule has 2 aromatic heterocycles. The first-order chi connectivity index (χ1) is 24.1. The maximum absolute atomic E-state index is 13.3. The summed E-state index contributed by atoms with van der Waals surface area (Å²) in [7, 11) is 7.58. The predicted octanol–water partition coefficient (Wildman–Crippen LogP) is 5.80. The highest BCUT2D eigenvalue weighted by atomic mass is 16.2. The Balaban J connectivity index is 1.13. The molecule has 6 rings (SSSR count). The topological polar surface area (TPSA) is 122 Å². The number of imidazole rings is 2. The van der Waals surface area contributed by atoms with E-state index in [0.29, 0.717) is 11.6 Å². The third kappa shape index (κ3) is 7.60. The van der Waals surface area contributed by atoms with Gasteiger partial charge in [0.05, 0.1) is 34.2 Å². The van der Waals surface area contributed by atoms with Crippen molar-refractivity contribution in [2.45, 2.75) is 38.0 Å². The molecule has 10 nitrogen and oxygen atoms in total. The first-order valence-electron chi connectivity index (χ1n) is 16.6. The van der Waals surface area contributed by atoms with E-state index in [1.165, 1.54) is 0 Å². The molecule has 0 saturated carbocycles. The van der Waals surface area contributed by atoms with Crippen molar-refractivity contribution in [3.63, 3.8) is 0 Å². The minimum atomic E-state index is -0.414. The van der Waals surface area contributed by atoms with E-state index >= 15 is 0 Å². The van der Waals surface area contributed by atoms with Gasteiger partial charge in [-0.1, -0.05) is 72.5 Å². The Labute approximate surface area is 292 Å². The molecular weight excluding hydrogens is 624 g/mol. The lowest BCUT2D eigenvalue weighted by molar-refractivity contribution is -0.127. The number of H-pyrrole nitrogens is 2. The van der Waals surface area contributed by atoms with Gasteiger partial charge in [-0.05, 0) is 89.6 Å². The number of aromatic amines is 2. The third-order valence-corrected chi connectivity index (χ3v) is 8.65. The van der Waals surface area contributed by atoms with E-state index in [1.54, 1.807) is 0 Å². The number of carbonyl (C=O) groups is 2. The predicted molar refractivity (Wildman–Crippen MR) is 197 cm³/mol. The molecule has 0 fully saturated rings. The number of nitrogens with one attached hydrogen (secondary N) is 4. The van der Waals surface area contributed by atoms with Gasteiger partial charge in [0.25, 0.3) is 0 Å².